The van der Waals surface area contributed by atoms with Gasteiger partial charge in [0, 0.05) is 13.2 Å². The van der Waals surface area contributed by atoms with Gasteiger partial charge in [-0.3, -0.25) is 0 Å². The summed E-state index contributed by atoms with van der Waals surface area (Å²) in [7, 11) is 0. The number of hydrogen-bond acceptors (Lipinski definition) is 2. The molecule has 0 aromatic carbocycles. The molecular weight excluding hydrogens is 512 g/mol. The molecule has 0 saturated carbocycles. The number of aliphatic hydroxyl groups excluding tert-OH is 2. The van der Waals surface area contributed by atoms with Crippen LogP contribution in [0.15, 0.2) is 0 Å². The highest BCUT2D eigenvalue weighted by molar-refractivity contribution is 4.65. The topological polar surface area (TPSA) is 40.5 Å². The fourth-order valence-corrected chi connectivity index (χ4v) is 7.05. The summed E-state index contributed by atoms with van der Waals surface area (Å²) in [4.78, 5) is 0. The molecule has 0 bridgehead atoms. The van der Waals surface area contributed by atoms with E-state index in [4.69, 9.17) is 10.2 Å². The molecule has 0 amide bonds. The lowest BCUT2D eigenvalue weighted by atomic mass is 9.88. The zero-order valence-electron chi connectivity index (χ0n) is 30.5. The van der Waals surface area contributed by atoms with Crippen LogP contribution < -0.4 is 0 Å². The molecule has 0 aliphatic heterocycles. The minimum absolute atomic E-state index is 0.348. The average Bonchev–Trinajstić information content (AvgIpc) is 2.92. The Morgan fingerprint density at radius 1 is 0.238 bits per heavy atom. The summed E-state index contributed by atoms with van der Waals surface area (Å²) in [5, 5.41) is 18.1. The van der Waals surface area contributed by atoms with Crippen LogP contribution in [0.2, 0.25) is 0 Å². The van der Waals surface area contributed by atoms with Gasteiger partial charge in [0.25, 0.3) is 0 Å². The molecular formula is C40H82O2. The largest absolute Gasteiger partial charge is 0.396 e. The molecule has 0 aromatic rings. The quantitative estimate of drug-likeness (QED) is 0.0838. The molecule has 0 heterocycles. The fraction of sp³-hybridized carbons (Fsp3) is 1.00. The van der Waals surface area contributed by atoms with E-state index >= 15 is 0 Å². The molecule has 0 aromatic heterocycles. The molecule has 0 spiro atoms. The third-order valence-electron chi connectivity index (χ3n) is 10.8. The van der Waals surface area contributed by atoms with Crippen molar-refractivity contribution in [2.24, 2.45) is 47.3 Å². The van der Waals surface area contributed by atoms with E-state index < -0.39 is 0 Å². The van der Waals surface area contributed by atoms with Gasteiger partial charge in [-0.1, -0.05) is 184 Å². The van der Waals surface area contributed by atoms with E-state index in [9.17, 15) is 0 Å². The lowest BCUT2D eigenvalue weighted by Gasteiger charge is -2.18. The highest BCUT2D eigenvalue weighted by atomic mass is 16.3. The Kier molecular flexibility index (Phi) is 28.3. The van der Waals surface area contributed by atoms with Gasteiger partial charge in [0.05, 0.1) is 0 Å². The third kappa shape index (κ3) is 27.5. The summed E-state index contributed by atoms with van der Waals surface area (Å²) in [5.74, 6) is 6.68. The maximum Gasteiger partial charge on any atom is 0.0433 e. The van der Waals surface area contributed by atoms with E-state index in [2.05, 4.69) is 55.4 Å². The minimum atomic E-state index is 0.348. The monoisotopic (exact) mass is 595 g/mol. The van der Waals surface area contributed by atoms with Gasteiger partial charge in [-0.2, -0.15) is 0 Å². The first-order valence-corrected chi connectivity index (χ1v) is 19.3. The second kappa shape index (κ2) is 28.4. The average molecular weight is 595 g/mol. The first kappa shape index (κ1) is 41.9. The zero-order valence-corrected chi connectivity index (χ0v) is 30.5. The Morgan fingerprint density at radius 2 is 0.381 bits per heavy atom. The first-order chi connectivity index (χ1) is 20.1. The SMILES string of the molecule is C[C@H](CCC[C@H](C)CCC[C@@H](C)CC[C@H](C)CCC[C@@H](C)CCC[C@@H](C)CCC[C@@H](C)CCO)CCC[C@@H](C)CCO. The van der Waals surface area contributed by atoms with Gasteiger partial charge in [0.1, 0.15) is 0 Å². The van der Waals surface area contributed by atoms with Crippen LogP contribution in [0.25, 0.3) is 0 Å². The lowest BCUT2D eigenvalue weighted by Crippen LogP contribution is -2.04. The van der Waals surface area contributed by atoms with Gasteiger partial charge >= 0.3 is 0 Å². The smallest absolute Gasteiger partial charge is 0.0433 e. The van der Waals surface area contributed by atoms with Crippen molar-refractivity contribution in [3.63, 3.8) is 0 Å². The van der Waals surface area contributed by atoms with Crippen molar-refractivity contribution in [1.82, 2.24) is 0 Å². The number of hydrogen-bond donors (Lipinski definition) is 2. The van der Waals surface area contributed by atoms with E-state index in [0.717, 1.165) is 48.3 Å². The normalized spacial score (nSPS) is 17.9. The van der Waals surface area contributed by atoms with Gasteiger partial charge in [-0.15, -0.1) is 0 Å². The zero-order chi connectivity index (χ0) is 31.6. The predicted molar refractivity (Wildman–Crippen MR) is 189 cm³/mol. The Balaban J connectivity index is 3.71. The highest BCUT2D eigenvalue weighted by Crippen LogP contribution is 2.26. The van der Waals surface area contributed by atoms with Crippen molar-refractivity contribution in [2.75, 3.05) is 13.2 Å². The van der Waals surface area contributed by atoms with Gasteiger partial charge in [-0.05, 0) is 60.2 Å². The van der Waals surface area contributed by atoms with Crippen LogP contribution >= 0.6 is 0 Å². The lowest BCUT2D eigenvalue weighted by molar-refractivity contribution is 0.254. The molecule has 254 valence electrons. The summed E-state index contributed by atoms with van der Waals surface area (Å²) in [6.45, 7) is 20.1. The molecule has 0 radical (unpaired) electrons. The summed E-state index contributed by atoms with van der Waals surface area (Å²) >= 11 is 0. The highest BCUT2D eigenvalue weighted by Gasteiger charge is 2.12. The van der Waals surface area contributed by atoms with Gasteiger partial charge < -0.3 is 10.2 Å². The molecule has 2 heteroatoms. The van der Waals surface area contributed by atoms with Gasteiger partial charge in [-0.25, -0.2) is 0 Å². The maximum absolute atomic E-state index is 9.06. The first-order valence-electron chi connectivity index (χ1n) is 19.3. The Bertz CT molecular complexity index is 500. The van der Waals surface area contributed by atoms with Gasteiger partial charge in [0.15, 0.2) is 0 Å². The number of aliphatic hydroxyl groups is 2. The molecule has 0 fully saturated rings. The molecule has 2 N–H and O–H groups in total. The van der Waals surface area contributed by atoms with E-state index in [-0.39, 0.29) is 0 Å². The summed E-state index contributed by atoms with van der Waals surface area (Å²) in [6.07, 6.45) is 29.8. The van der Waals surface area contributed by atoms with Crippen LogP contribution in [-0.2, 0) is 0 Å². The Labute approximate surface area is 267 Å². The fourth-order valence-electron chi connectivity index (χ4n) is 7.05. The second-order valence-electron chi connectivity index (χ2n) is 16.0. The third-order valence-corrected chi connectivity index (χ3v) is 10.8. The molecule has 8 atom stereocenters. The van der Waals surface area contributed by atoms with Crippen LogP contribution in [0, 0.1) is 47.3 Å². The van der Waals surface area contributed by atoms with Crippen molar-refractivity contribution in [3.05, 3.63) is 0 Å². The maximum atomic E-state index is 9.06. The number of rotatable bonds is 31. The van der Waals surface area contributed by atoms with Gasteiger partial charge in [0.2, 0.25) is 0 Å². The predicted octanol–water partition coefficient (Wildman–Crippen LogP) is 12.6. The van der Waals surface area contributed by atoms with Crippen LogP contribution in [0.5, 0.6) is 0 Å². The standard InChI is InChI=1S/C40H82O2/c1-33(15-9-17-35(3)21-13-25-39(7)29-31-41)19-11-23-37(5)27-28-38(6)24-12-20-34(2)16-10-18-36(4)22-14-26-40(8)30-32-42/h33-42H,9-32H2,1-8H3/t33-,34-,35+,36+,37+,38+,39+,40+/m0/s1. The Morgan fingerprint density at radius 3 is 0.548 bits per heavy atom. The Hall–Kier alpha value is -0.0800. The molecule has 0 unspecified atom stereocenters. The second-order valence-corrected chi connectivity index (χ2v) is 16.0. The summed E-state index contributed by atoms with van der Waals surface area (Å²) in [5.41, 5.74) is 0. The van der Waals surface area contributed by atoms with E-state index in [0.29, 0.717) is 25.0 Å². The molecule has 2 nitrogen and oxygen atoms in total. The van der Waals surface area contributed by atoms with Crippen molar-refractivity contribution < 1.29 is 10.2 Å². The molecule has 42 heavy (non-hydrogen) atoms. The summed E-state index contributed by atoms with van der Waals surface area (Å²) in [6, 6.07) is 0. The molecule has 0 aliphatic rings. The van der Waals surface area contributed by atoms with Crippen LogP contribution in [0.3, 0.4) is 0 Å². The van der Waals surface area contributed by atoms with Crippen molar-refractivity contribution >= 4 is 0 Å². The van der Waals surface area contributed by atoms with Crippen molar-refractivity contribution in [1.29, 1.82) is 0 Å². The van der Waals surface area contributed by atoms with E-state index in [1.54, 1.807) is 0 Å². The molecule has 0 aliphatic carbocycles. The minimum Gasteiger partial charge on any atom is -0.396 e. The molecule has 0 saturated heterocycles. The van der Waals surface area contributed by atoms with E-state index in [1.807, 2.05) is 0 Å². The van der Waals surface area contributed by atoms with Crippen molar-refractivity contribution in [2.45, 2.75) is 197 Å². The summed E-state index contributed by atoms with van der Waals surface area (Å²) < 4.78 is 0. The molecule has 0 rings (SSSR count). The van der Waals surface area contributed by atoms with Crippen LogP contribution in [-0.4, -0.2) is 23.4 Å². The van der Waals surface area contributed by atoms with Crippen LogP contribution in [0.1, 0.15) is 197 Å². The van der Waals surface area contributed by atoms with Crippen molar-refractivity contribution in [3.8, 4) is 0 Å². The van der Waals surface area contributed by atoms with E-state index in [1.165, 1.54) is 128 Å². The van der Waals surface area contributed by atoms with Crippen LogP contribution in [0.4, 0.5) is 0 Å².